The molecule has 0 fully saturated rings. The molecule has 0 saturated carbocycles. The van der Waals surface area contributed by atoms with Crippen LogP contribution in [0.5, 0.6) is 0 Å². The van der Waals surface area contributed by atoms with E-state index in [2.05, 4.69) is 0 Å². The standard InChI is InChI=1S/C6H15NOS/c1-5(2)6(3)9(4,7)8/h5-7H,1-4H3/t6-,9+/m0/s1. The van der Waals surface area contributed by atoms with Crippen LogP contribution in [0.1, 0.15) is 20.8 Å². The van der Waals surface area contributed by atoms with Crippen LogP contribution in [0.15, 0.2) is 0 Å². The maximum Gasteiger partial charge on any atom is 0.0441 e. The molecule has 0 spiro atoms. The molecule has 0 heterocycles. The molecule has 0 aliphatic heterocycles. The molecule has 3 heteroatoms. The second kappa shape index (κ2) is 2.69. The van der Waals surface area contributed by atoms with Gasteiger partial charge in [0, 0.05) is 21.2 Å². The van der Waals surface area contributed by atoms with Crippen molar-refractivity contribution in [3.05, 3.63) is 0 Å². The van der Waals surface area contributed by atoms with E-state index in [-0.39, 0.29) is 5.25 Å². The van der Waals surface area contributed by atoms with Gasteiger partial charge in [-0.3, -0.25) is 4.78 Å². The molecule has 0 rings (SSSR count). The summed E-state index contributed by atoms with van der Waals surface area (Å²) in [7, 11) is -2.30. The number of hydrogen-bond donors (Lipinski definition) is 1. The Balaban J connectivity index is 4.24. The average molecular weight is 149 g/mol. The van der Waals surface area contributed by atoms with Crippen LogP contribution in [0.25, 0.3) is 0 Å². The molecule has 56 valence electrons. The third-order valence-corrected chi connectivity index (χ3v) is 3.61. The largest absolute Gasteiger partial charge is 0.253 e. The van der Waals surface area contributed by atoms with E-state index in [0.29, 0.717) is 5.92 Å². The monoisotopic (exact) mass is 149 g/mol. The minimum absolute atomic E-state index is 0.0116. The van der Waals surface area contributed by atoms with Crippen molar-refractivity contribution >= 4 is 9.73 Å². The highest BCUT2D eigenvalue weighted by Crippen LogP contribution is 2.09. The van der Waals surface area contributed by atoms with Crippen molar-refractivity contribution in [1.29, 1.82) is 4.78 Å². The van der Waals surface area contributed by atoms with Crippen LogP contribution in [0.3, 0.4) is 0 Å². The molecule has 0 amide bonds. The molecule has 0 aliphatic rings. The van der Waals surface area contributed by atoms with Gasteiger partial charge < -0.3 is 0 Å². The fraction of sp³-hybridized carbons (Fsp3) is 1.00. The van der Waals surface area contributed by atoms with Crippen LogP contribution in [0, 0.1) is 10.7 Å². The van der Waals surface area contributed by atoms with Crippen molar-refractivity contribution in [1.82, 2.24) is 0 Å². The summed E-state index contributed by atoms with van der Waals surface area (Å²) in [5, 5.41) is 0.0116. The zero-order chi connectivity index (χ0) is 7.65. The molecular formula is C6H15NOS. The predicted molar refractivity (Wildman–Crippen MR) is 41.1 cm³/mol. The maximum absolute atomic E-state index is 11.0. The Bertz CT molecular complexity index is 169. The third-order valence-electron chi connectivity index (χ3n) is 1.65. The Hall–Kier alpha value is -0.0500. The van der Waals surface area contributed by atoms with Crippen molar-refractivity contribution < 1.29 is 4.21 Å². The first kappa shape index (κ1) is 8.95. The second-order valence-corrected chi connectivity index (χ2v) is 5.40. The Kier molecular flexibility index (Phi) is 2.67. The zero-order valence-corrected chi connectivity index (χ0v) is 7.29. The molecule has 0 aliphatic carbocycles. The van der Waals surface area contributed by atoms with Crippen molar-refractivity contribution in [2.75, 3.05) is 6.26 Å². The van der Waals surface area contributed by atoms with Gasteiger partial charge >= 0.3 is 0 Å². The van der Waals surface area contributed by atoms with Gasteiger partial charge in [-0.25, -0.2) is 4.21 Å². The fourth-order valence-corrected chi connectivity index (χ4v) is 1.56. The SMILES string of the molecule is CC(C)[C@H](C)[S@](C)(=N)=O. The van der Waals surface area contributed by atoms with Crippen molar-refractivity contribution in [3.63, 3.8) is 0 Å². The lowest BCUT2D eigenvalue weighted by Gasteiger charge is -2.14. The van der Waals surface area contributed by atoms with Gasteiger partial charge in [0.2, 0.25) is 0 Å². The summed E-state index contributed by atoms with van der Waals surface area (Å²) in [6.07, 6.45) is 1.50. The highest BCUT2D eigenvalue weighted by Gasteiger charge is 2.14. The lowest BCUT2D eigenvalue weighted by molar-refractivity contribution is 0.601. The van der Waals surface area contributed by atoms with Crippen LogP contribution in [-0.2, 0) is 9.73 Å². The van der Waals surface area contributed by atoms with E-state index in [9.17, 15) is 4.21 Å². The van der Waals surface area contributed by atoms with Gasteiger partial charge in [0.05, 0.1) is 0 Å². The van der Waals surface area contributed by atoms with Gasteiger partial charge in [0.15, 0.2) is 0 Å². The molecule has 2 nitrogen and oxygen atoms in total. The molecule has 0 bridgehead atoms. The highest BCUT2D eigenvalue weighted by atomic mass is 32.2. The lowest BCUT2D eigenvalue weighted by Crippen LogP contribution is -2.20. The van der Waals surface area contributed by atoms with Crippen LogP contribution in [0.4, 0.5) is 0 Å². The molecule has 0 aromatic carbocycles. The normalized spacial score (nSPS) is 21.4. The summed E-state index contributed by atoms with van der Waals surface area (Å²) >= 11 is 0. The van der Waals surface area contributed by atoms with Gasteiger partial charge in [0.1, 0.15) is 0 Å². The van der Waals surface area contributed by atoms with E-state index in [4.69, 9.17) is 4.78 Å². The first-order valence-electron chi connectivity index (χ1n) is 3.08. The van der Waals surface area contributed by atoms with E-state index in [1.54, 1.807) is 0 Å². The summed E-state index contributed by atoms with van der Waals surface area (Å²) in [6.45, 7) is 5.84. The molecule has 0 saturated heterocycles. The minimum Gasteiger partial charge on any atom is -0.253 e. The number of nitrogens with one attached hydrogen (secondary N) is 1. The molecule has 0 radical (unpaired) electrons. The minimum atomic E-state index is -2.30. The Morgan fingerprint density at radius 3 is 1.67 bits per heavy atom. The van der Waals surface area contributed by atoms with Crippen molar-refractivity contribution in [2.45, 2.75) is 26.0 Å². The Morgan fingerprint density at radius 2 is 1.67 bits per heavy atom. The first-order valence-corrected chi connectivity index (χ1v) is 5.11. The number of hydrogen-bond acceptors (Lipinski definition) is 2. The summed E-state index contributed by atoms with van der Waals surface area (Å²) in [6, 6.07) is 0. The highest BCUT2D eigenvalue weighted by molar-refractivity contribution is 7.92. The quantitative estimate of drug-likeness (QED) is 0.638. The molecule has 0 aromatic rings. The van der Waals surface area contributed by atoms with E-state index in [1.165, 1.54) is 6.26 Å². The van der Waals surface area contributed by atoms with Gasteiger partial charge in [-0.15, -0.1) is 0 Å². The molecule has 0 aromatic heterocycles. The van der Waals surface area contributed by atoms with Crippen LogP contribution in [0.2, 0.25) is 0 Å². The fourth-order valence-electron chi connectivity index (χ4n) is 0.519. The van der Waals surface area contributed by atoms with E-state index < -0.39 is 9.73 Å². The van der Waals surface area contributed by atoms with Crippen LogP contribution < -0.4 is 0 Å². The maximum atomic E-state index is 11.0. The second-order valence-electron chi connectivity index (χ2n) is 2.85. The van der Waals surface area contributed by atoms with Gasteiger partial charge in [0.25, 0.3) is 0 Å². The zero-order valence-electron chi connectivity index (χ0n) is 6.47. The Morgan fingerprint density at radius 1 is 1.33 bits per heavy atom. The van der Waals surface area contributed by atoms with Crippen molar-refractivity contribution in [2.24, 2.45) is 5.92 Å². The predicted octanol–water partition coefficient (Wildman–Crippen LogP) is 1.71. The Labute approximate surface area is 57.6 Å². The summed E-state index contributed by atoms with van der Waals surface area (Å²) < 4.78 is 18.2. The number of rotatable bonds is 2. The molecule has 0 unspecified atom stereocenters. The summed E-state index contributed by atoms with van der Waals surface area (Å²) in [5.41, 5.74) is 0. The van der Waals surface area contributed by atoms with E-state index >= 15 is 0 Å². The van der Waals surface area contributed by atoms with E-state index in [1.807, 2.05) is 20.8 Å². The average Bonchev–Trinajstić information content (AvgIpc) is 1.62. The van der Waals surface area contributed by atoms with Gasteiger partial charge in [-0.1, -0.05) is 13.8 Å². The third kappa shape index (κ3) is 2.84. The van der Waals surface area contributed by atoms with Crippen LogP contribution in [-0.4, -0.2) is 15.7 Å². The van der Waals surface area contributed by atoms with Crippen molar-refractivity contribution in [3.8, 4) is 0 Å². The smallest absolute Gasteiger partial charge is 0.0441 e. The summed E-state index contributed by atoms with van der Waals surface area (Å²) in [5.74, 6) is 0.347. The molecule has 9 heavy (non-hydrogen) atoms. The summed E-state index contributed by atoms with van der Waals surface area (Å²) in [4.78, 5) is 0. The van der Waals surface area contributed by atoms with Gasteiger partial charge in [-0.05, 0) is 12.8 Å². The topological polar surface area (TPSA) is 40.9 Å². The van der Waals surface area contributed by atoms with E-state index in [0.717, 1.165) is 0 Å². The van der Waals surface area contributed by atoms with Crippen LogP contribution >= 0.6 is 0 Å². The molecular weight excluding hydrogens is 134 g/mol. The van der Waals surface area contributed by atoms with Gasteiger partial charge in [-0.2, -0.15) is 0 Å². The first-order chi connectivity index (χ1) is 3.85. The molecule has 1 N–H and O–H groups in total. The molecule has 2 atom stereocenters. The lowest BCUT2D eigenvalue weighted by atomic mass is 10.2.